The fraction of sp³-hybridized carbons (Fsp3) is 0.457. The van der Waals surface area contributed by atoms with Gasteiger partial charge in [0.15, 0.2) is 0 Å². The molecule has 2 amide bonds. The molecule has 3 heterocycles. The Morgan fingerprint density at radius 3 is 2.42 bits per heavy atom. The fourth-order valence-electron chi connectivity index (χ4n) is 7.19. The van der Waals surface area contributed by atoms with E-state index in [4.69, 9.17) is 4.74 Å². The smallest absolute Gasteiger partial charge is 0.310 e. The molecule has 0 saturated carbocycles. The van der Waals surface area contributed by atoms with Gasteiger partial charge in [-0.2, -0.15) is 0 Å². The maximum Gasteiger partial charge on any atom is 0.310 e. The summed E-state index contributed by atoms with van der Waals surface area (Å²) in [6.07, 6.45) is 7.83. The molecule has 2 aromatic rings. The largest absolute Gasteiger partial charge is 0.465 e. The van der Waals surface area contributed by atoms with Gasteiger partial charge in [-0.3, -0.25) is 14.4 Å². The van der Waals surface area contributed by atoms with Crippen LogP contribution in [0.2, 0.25) is 0 Å². The van der Waals surface area contributed by atoms with Crippen LogP contribution in [0, 0.1) is 11.8 Å². The third kappa shape index (κ3) is 6.18. The van der Waals surface area contributed by atoms with E-state index in [0.29, 0.717) is 32.5 Å². The van der Waals surface area contributed by atoms with Crippen molar-refractivity contribution in [1.29, 1.82) is 0 Å². The second-order valence-electron chi connectivity index (χ2n) is 11.8. The number of esters is 1. The van der Waals surface area contributed by atoms with E-state index in [2.05, 4.69) is 13.2 Å². The minimum Gasteiger partial charge on any atom is -0.465 e. The number of carbonyl (C=O) groups is 3. The van der Waals surface area contributed by atoms with Gasteiger partial charge in [-0.15, -0.1) is 24.9 Å². The molecule has 228 valence electrons. The highest BCUT2D eigenvalue weighted by Gasteiger charge is 2.74. The zero-order chi connectivity index (χ0) is 30.4. The minimum atomic E-state index is -0.810. The van der Waals surface area contributed by atoms with Crippen LogP contribution in [0.1, 0.15) is 43.2 Å². The lowest BCUT2D eigenvalue weighted by Crippen LogP contribution is -2.57. The summed E-state index contributed by atoms with van der Waals surface area (Å²) >= 11 is 1.62. The van der Waals surface area contributed by atoms with Crippen molar-refractivity contribution < 1.29 is 24.2 Å². The first-order chi connectivity index (χ1) is 20.9. The third-order valence-corrected chi connectivity index (χ3v) is 11.0. The summed E-state index contributed by atoms with van der Waals surface area (Å²) in [5.74, 6) is -2.02. The molecule has 1 spiro atoms. The first-order valence-electron chi connectivity index (χ1n) is 15.3. The van der Waals surface area contributed by atoms with Gasteiger partial charge in [0, 0.05) is 18.3 Å². The molecule has 3 aliphatic heterocycles. The Labute approximate surface area is 259 Å². The Morgan fingerprint density at radius 2 is 1.77 bits per heavy atom. The highest BCUT2D eigenvalue weighted by atomic mass is 32.2. The molecular weight excluding hydrogens is 560 g/mol. The number of allylic oxidation sites excluding steroid dienone is 1. The predicted octanol–water partition coefficient (Wildman–Crippen LogP) is 4.80. The number of unbranched alkanes of at least 4 members (excludes halogenated alkanes) is 2. The number of hydrogen-bond acceptors (Lipinski definition) is 6. The van der Waals surface area contributed by atoms with Gasteiger partial charge in [-0.1, -0.05) is 72.8 Å². The second kappa shape index (κ2) is 14.0. The van der Waals surface area contributed by atoms with Crippen LogP contribution in [-0.2, 0) is 32.1 Å². The van der Waals surface area contributed by atoms with Crippen molar-refractivity contribution in [3.63, 3.8) is 0 Å². The number of ether oxygens (including phenoxy) is 1. The van der Waals surface area contributed by atoms with E-state index in [0.717, 1.165) is 36.8 Å². The van der Waals surface area contributed by atoms with Crippen molar-refractivity contribution in [2.45, 2.75) is 67.2 Å². The molecule has 0 aromatic heterocycles. The Balaban J connectivity index is 1.49. The van der Waals surface area contributed by atoms with Gasteiger partial charge < -0.3 is 19.6 Å². The second-order valence-corrected chi connectivity index (χ2v) is 13.4. The minimum absolute atomic E-state index is 0.0734. The Hall–Kier alpha value is -3.36. The summed E-state index contributed by atoms with van der Waals surface area (Å²) in [7, 11) is 0. The average Bonchev–Trinajstić information content (AvgIpc) is 3.67. The number of aliphatic hydroxyl groups excluding tert-OH is 1. The summed E-state index contributed by atoms with van der Waals surface area (Å²) in [6.45, 7) is 8.35. The normalized spacial score (nSPS) is 26.2. The number of aliphatic hydroxyl groups is 1. The molecule has 0 radical (unpaired) electrons. The zero-order valence-electron chi connectivity index (χ0n) is 24.7. The molecule has 3 fully saturated rings. The summed E-state index contributed by atoms with van der Waals surface area (Å²) in [5.41, 5.74) is 1.95. The lowest BCUT2D eigenvalue weighted by molar-refractivity contribution is -0.154. The predicted molar refractivity (Wildman–Crippen MR) is 169 cm³/mol. The van der Waals surface area contributed by atoms with E-state index in [-0.39, 0.29) is 29.6 Å². The number of rotatable bonds is 15. The number of thioether (sulfide) groups is 1. The molecule has 5 rings (SSSR count). The van der Waals surface area contributed by atoms with Gasteiger partial charge in [0.25, 0.3) is 0 Å². The Bertz CT molecular complexity index is 1300. The molecule has 3 aliphatic rings. The molecule has 0 aliphatic carbocycles. The van der Waals surface area contributed by atoms with Crippen molar-refractivity contribution in [2.24, 2.45) is 11.8 Å². The van der Waals surface area contributed by atoms with Crippen LogP contribution in [-0.4, -0.2) is 74.5 Å². The van der Waals surface area contributed by atoms with Crippen LogP contribution >= 0.6 is 11.8 Å². The molecule has 43 heavy (non-hydrogen) atoms. The van der Waals surface area contributed by atoms with Gasteiger partial charge >= 0.3 is 5.97 Å². The monoisotopic (exact) mass is 602 g/mol. The standard InChI is InChI=1S/C35H42N2O5S/c1-3-5-6-13-21-42-34(41)29-28-18-19-35(43-28)30(29)32(39)37(27(24-38)22-25-14-9-7-10-15-25)31(35)33(40)36(20-4-2)23-26-16-11-8-12-17-26/h3-4,7-12,14-17,27-31,38H,1-2,5-6,13,18-24H2/t27-,28+,29-,30+,31?,35?/m1/s1. The van der Waals surface area contributed by atoms with Crippen LogP contribution in [0.4, 0.5) is 0 Å². The summed E-state index contributed by atoms with van der Waals surface area (Å²) in [4.78, 5) is 46.2. The average molecular weight is 603 g/mol. The van der Waals surface area contributed by atoms with E-state index in [1.807, 2.05) is 66.7 Å². The van der Waals surface area contributed by atoms with Crippen LogP contribution in [0.5, 0.6) is 0 Å². The van der Waals surface area contributed by atoms with E-state index >= 15 is 0 Å². The lowest BCUT2D eigenvalue weighted by Gasteiger charge is -2.39. The molecule has 8 heteroatoms. The summed E-state index contributed by atoms with van der Waals surface area (Å²) in [5, 5.41) is 10.6. The van der Waals surface area contributed by atoms with E-state index < -0.39 is 28.7 Å². The number of carbonyl (C=O) groups excluding carboxylic acids is 3. The van der Waals surface area contributed by atoms with Gasteiger partial charge in [0.2, 0.25) is 11.8 Å². The van der Waals surface area contributed by atoms with Gasteiger partial charge in [-0.05, 0) is 49.7 Å². The van der Waals surface area contributed by atoms with Crippen LogP contribution in [0.15, 0.2) is 86.0 Å². The highest BCUT2D eigenvalue weighted by molar-refractivity contribution is 8.02. The van der Waals surface area contributed by atoms with Crippen LogP contribution in [0.25, 0.3) is 0 Å². The number of amides is 2. The first-order valence-corrected chi connectivity index (χ1v) is 16.2. The summed E-state index contributed by atoms with van der Waals surface area (Å²) in [6, 6.07) is 18.1. The van der Waals surface area contributed by atoms with Gasteiger partial charge in [0.05, 0.1) is 35.8 Å². The van der Waals surface area contributed by atoms with Crippen LogP contribution < -0.4 is 0 Å². The Kier molecular flexibility index (Phi) is 10.1. The molecule has 1 N–H and O–H groups in total. The van der Waals surface area contributed by atoms with E-state index in [9.17, 15) is 19.5 Å². The maximum atomic E-state index is 14.7. The van der Waals surface area contributed by atoms with Crippen molar-refractivity contribution >= 4 is 29.5 Å². The van der Waals surface area contributed by atoms with Gasteiger partial charge in [-0.25, -0.2) is 0 Å². The van der Waals surface area contributed by atoms with Crippen LogP contribution in [0.3, 0.4) is 0 Å². The number of likely N-dealkylation sites (tertiary alicyclic amines) is 1. The van der Waals surface area contributed by atoms with Crippen molar-refractivity contribution in [2.75, 3.05) is 19.8 Å². The van der Waals surface area contributed by atoms with Crippen molar-refractivity contribution in [1.82, 2.24) is 9.80 Å². The van der Waals surface area contributed by atoms with Crippen molar-refractivity contribution in [3.05, 3.63) is 97.1 Å². The lowest BCUT2D eigenvalue weighted by atomic mass is 9.71. The number of hydrogen-bond donors (Lipinski definition) is 1. The molecule has 3 saturated heterocycles. The molecule has 2 unspecified atom stereocenters. The van der Waals surface area contributed by atoms with E-state index in [1.54, 1.807) is 27.6 Å². The Morgan fingerprint density at radius 1 is 1.07 bits per heavy atom. The molecule has 2 aromatic carbocycles. The number of benzene rings is 2. The topological polar surface area (TPSA) is 87.2 Å². The van der Waals surface area contributed by atoms with Crippen molar-refractivity contribution in [3.8, 4) is 0 Å². The highest BCUT2D eigenvalue weighted by Crippen LogP contribution is 2.67. The maximum absolute atomic E-state index is 14.7. The molecule has 2 bridgehead atoms. The molecule has 7 nitrogen and oxygen atoms in total. The fourth-order valence-corrected chi connectivity index (χ4v) is 9.38. The quantitative estimate of drug-likeness (QED) is 0.179. The number of fused-ring (bicyclic) bond motifs is 1. The zero-order valence-corrected chi connectivity index (χ0v) is 25.5. The molecule has 6 atom stereocenters. The third-order valence-electron chi connectivity index (χ3n) is 9.09. The SMILES string of the molecule is C=CCCCCOC(=O)[C@@H]1[C@@H]2CCC3(S2)C(C(=O)N(CC=C)Cc2ccccc2)N([C@@H](CO)Cc2ccccc2)C(=O)[C@H]13. The summed E-state index contributed by atoms with van der Waals surface area (Å²) < 4.78 is 4.98. The molecular formula is C35H42N2O5S. The van der Waals surface area contributed by atoms with E-state index in [1.165, 1.54) is 0 Å². The first kappa shape index (κ1) is 31.1. The number of nitrogens with zero attached hydrogens (tertiary/aromatic N) is 2. The van der Waals surface area contributed by atoms with Gasteiger partial charge in [0.1, 0.15) is 6.04 Å².